The first-order valence-electron chi connectivity index (χ1n) is 9.19. The lowest BCUT2D eigenvalue weighted by Crippen LogP contribution is -2.30. The van der Waals surface area contributed by atoms with Crippen molar-refractivity contribution in [1.29, 1.82) is 0 Å². The van der Waals surface area contributed by atoms with Gasteiger partial charge >= 0.3 is 0 Å². The molecule has 1 fully saturated rings. The summed E-state index contributed by atoms with van der Waals surface area (Å²) in [6, 6.07) is 0. The van der Waals surface area contributed by atoms with E-state index in [1.807, 2.05) is 44.9 Å². The lowest BCUT2D eigenvalue weighted by atomic mass is 10.1. The number of nitrogens with zero attached hydrogens (tertiary/aromatic N) is 1. The smallest absolute Gasteiger partial charge is 0.246 e. The molecular weight excluding hydrogens is 348 g/mol. The van der Waals surface area contributed by atoms with Gasteiger partial charge in [0.05, 0.1) is 12.7 Å². The van der Waals surface area contributed by atoms with Crippen molar-refractivity contribution in [1.82, 2.24) is 4.90 Å². The van der Waals surface area contributed by atoms with Gasteiger partial charge in [0.15, 0.2) is 5.79 Å². The third kappa shape index (κ3) is 16.1. The molecule has 2 heterocycles. The molecule has 0 bridgehead atoms. The van der Waals surface area contributed by atoms with E-state index in [1.54, 1.807) is 6.20 Å². The summed E-state index contributed by atoms with van der Waals surface area (Å²) in [6.45, 7) is 10.6. The lowest BCUT2D eigenvalue weighted by Gasteiger charge is -2.26. The van der Waals surface area contributed by atoms with Gasteiger partial charge in [-0.05, 0) is 33.1 Å². The zero-order valence-corrected chi connectivity index (χ0v) is 17.6. The second-order valence-corrected chi connectivity index (χ2v) is 5.52. The van der Waals surface area contributed by atoms with E-state index in [-0.39, 0.29) is 18.9 Å². The maximum absolute atomic E-state index is 11.0. The van der Waals surface area contributed by atoms with E-state index in [1.165, 1.54) is 13.8 Å². The number of ether oxygens (including phenoxy) is 1. The Hall–Kier alpha value is -1.85. The Labute approximate surface area is 164 Å². The molecule has 27 heavy (non-hydrogen) atoms. The molecule has 1 unspecified atom stereocenters. The van der Waals surface area contributed by atoms with E-state index in [9.17, 15) is 4.79 Å². The maximum atomic E-state index is 11.0. The Kier molecular flexibility index (Phi) is 19.4. The van der Waals surface area contributed by atoms with Crippen LogP contribution in [0, 0.1) is 12.8 Å². The molecule has 0 aromatic heterocycles. The predicted octanol–water partition coefficient (Wildman–Crippen LogP) is 2.08. The van der Waals surface area contributed by atoms with Gasteiger partial charge in [-0.1, -0.05) is 33.8 Å². The van der Waals surface area contributed by atoms with Crippen LogP contribution < -0.4 is 5.73 Å². The van der Waals surface area contributed by atoms with Crippen LogP contribution in [0.5, 0.6) is 0 Å². The van der Waals surface area contributed by atoms with Crippen molar-refractivity contribution < 1.29 is 24.9 Å². The molecule has 0 aromatic rings. The number of hydrogen-bond acceptors (Lipinski definition) is 6. The first-order chi connectivity index (χ1) is 12.7. The molecule has 7 nitrogen and oxygen atoms in total. The molecule has 0 aliphatic carbocycles. The van der Waals surface area contributed by atoms with E-state index >= 15 is 0 Å². The van der Waals surface area contributed by atoms with Gasteiger partial charge in [-0.2, -0.15) is 0 Å². The van der Waals surface area contributed by atoms with Gasteiger partial charge in [0, 0.05) is 18.0 Å². The maximum Gasteiger partial charge on any atom is 0.246 e. The van der Waals surface area contributed by atoms with Crippen molar-refractivity contribution >= 4 is 5.91 Å². The van der Waals surface area contributed by atoms with Crippen LogP contribution >= 0.6 is 0 Å². The van der Waals surface area contributed by atoms with E-state index in [0.717, 1.165) is 12.8 Å². The number of rotatable bonds is 3. The lowest BCUT2D eigenvalue weighted by molar-refractivity contribution is -0.127. The van der Waals surface area contributed by atoms with Crippen LogP contribution in [-0.4, -0.2) is 50.9 Å². The highest BCUT2D eigenvalue weighted by Gasteiger charge is 2.28. The predicted molar refractivity (Wildman–Crippen MR) is 109 cm³/mol. The summed E-state index contributed by atoms with van der Waals surface area (Å²) in [5, 5.41) is 25.1. The van der Waals surface area contributed by atoms with Crippen LogP contribution in [0.1, 0.15) is 60.8 Å². The molecule has 1 amide bonds. The first kappa shape index (κ1) is 29.9. The summed E-state index contributed by atoms with van der Waals surface area (Å²) in [5.74, 6) is -1.90. The second kappa shape index (κ2) is 17.6. The third-order valence-corrected chi connectivity index (χ3v) is 2.86. The molecule has 2 aliphatic heterocycles. The Morgan fingerprint density at radius 1 is 1.26 bits per heavy atom. The van der Waals surface area contributed by atoms with Crippen molar-refractivity contribution in [3.63, 3.8) is 0 Å². The zero-order chi connectivity index (χ0) is 22.0. The monoisotopic (exact) mass is 386 g/mol. The third-order valence-electron chi connectivity index (χ3n) is 2.86. The number of primary amides is 1. The molecule has 5 N–H and O–H groups in total. The highest BCUT2D eigenvalue weighted by Crippen LogP contribution is 2.25. The standard InChI is InChI=1S/C11H16N2O3.C3H8O2.2C2H6.C2H2/c12-11(15)8-2-1-5-13(6-8)10-4-3-9(7-14)16-10;1-3(2,4)5;3*1-2/h1,5-6,9-10,14H,2-4,7H2,(H2,12,15);4-5H,1-2H3;2*1-2H3;1-2H/t9?,10-;;;;/m1..../s1. The van der Waals surface area contributed by atoms with E-state index in [2.05, 4.69) is 12.8 Å². The average Bonchev–Trinajstić information content (AvgIpc) is 3.15. The summed E-state index contributed by atoms with van der Waals surface area (Å²) in [5.41, 5.74) is 5.81. The van der Waals surface area contributed by atoms with Gasteiger partial charge in [0.1, 0.15) is 6.23 Å². The SMILES string of the molecule is C#C.CC.CC.CC(C)(O)O.NC(=O)C1=CN([C@H]2CCC(CO)O2)C=CC1. The number of nitrogens with two attached hydrogens (primary N) is 1. The van der Waals surface area contributed by atoms with Gasteiger partial charge < -0.3 is 30.7 Å². The van der Waals surface area contributed by atoms with Gasteiger partial charge in [-0.25, -0.2) is 0 Å². The molecular formula is C20H38N2O5. The average molecular weight is 387 g/mol. The number of allylic oxidation sites excluding steroid dienone is 1. The Morgan fingerprint density at radius 3 is 2.11 bits per heavy atom. The molecule has 0 radical (unpaired) electrons. The van der Waals surface area contributed by atoms with Crippen molar-refractivity contribution in [2.24, 2.45) is 5.73 Å². The molecule has 2 atom stereocenters. The number of carbonyl (C=O) groups excluding carboxylic acids is 1. The van der Waals surface area contributed by atoms with Crippen LogP contribution in [0.3, 0.4) is 0 Å². The van der Waals surface area contributed by atoms with Crippen LogP contribution in [0.15, 0.2) is 24.0 Å². The number of terminal acetylenes is 1. The summed E-state index contributed by atoms with van der Waals surface area (Å²) < 4.78 is 5.61. The Bertz CT molecular complexity index is 447. The van der Waals surface area contributed by atoms with Crippen molar-refractivity contribution in [2.75, 3.05) is 6.61 Å². The van der Waals surface area contributed by atoms with Gasteiger partial charge in [-0.3, -0.25) is 4.79 Å². The fraction of sp³-hybridized carbons (Fsp3) is 0.650. The fourth-order valence-electron chi connectivity index (χ4n) is 1.96. The molecule has 0 spiro atoms. The van der Waals surface area contributed by atoms with Crippen LogP contribution in [-0.2, 0) is 9.53 Å². The number of hydrogen-bond donors (Lipinski definition) is 4. The molecule has 0 aromatic carbocycles. The minimum Gasteiger partial charge on any atom is -0.394 e. The van der Waals surface area contributed by atoms with Crippen molar-refractivity contribution in [3.05, 3.63) is 24.0 Å². The highest BCUT2D eigenvalue weighted by atomic mass is 16.5. The van der Waals surface area contributed by atoms with Crippen molar-refractivity contribution in [2.45, 2.75) is 78.9 Å². The highest BCUT2D eigenvalue weighted by molar-refractivity contribution is 5.92. The molecule has 2 rings (SSSR count). The minimum absolute atomic E-state index is 0.0421. The van der Waals surface area contributed by atoms with Crippen LogP contribution in [0.4, 0.5) is 0 Å². The number of aliphatic hydroxyl groups is 3. The largest absolute Gasteiger partial charge is 0.394 e. The van der Waals surface area contributed by atoms with E-state index < -0.39 is 11.7 Å². The topological polar surface area (TPSA) is 116 Å². The second-order valence-electron chi connectivity index (χ2n) is 5.52. The van der Waals surface area contributed by atoms with Gasteiger partial charge in [0.2, 0.25) is 5.91 Å². The molecule has 7 heteroatoms. The van der Waals surface area contributed by atoms with E-state index in [4.69, 9.17) is 25.8 Å². The zero-order valence-electron chi connectivity index (χ0n) is 17.6. The summed E-state index contributed by atoms with van der Waals surface area (Å²) in [7, 11) is 0. The Morgan fingerprint density at radius 2 is 1.74 bits per heavy atom. The van der Waals surface area contributed by atoms with Crippen LogP contribution in [0.2, 0.25) is 0 Å². The molecule has 2 aliphatic rings. The quantitative estimate of drug-likeness (QED) is 0.436. The first-order valence-corrected chi connectivity index (χ1v) is 9.19. The van der Waals surface area contributed by atoms with Gasteiger partial charge in [0.25, 0.3) is 0 Å². The fourth-order valence-corrected chi connectivity index (χ4v) is 1.96. The molecule has 0 saturated carbocycles. The number of amides is 1. The number of aliphatic hydroxyl groups excluding tert-OH is 1. The van der Waals surface area contributed by atoms with Crippen LogP contribution in [0.25, 0.3) is 0 Å². The molecule has 158 valence electrons. The van der Waals surface area contributed by atoms with E-state index in [0.29, 0.717) is 12.0 Å². The molecule has 1 saturated heterocycles. The normalized spacial score (nSPS) is 20.1. The summed E-state index contributed by atoms with van der Waals surface area (Å²) in [6.07, 6.45) is 15.6. The van der Waals surface area contributed by atoms with Gasteiger partial charge in [-0.15, -0.1) is 12.8 Å². The Balaban J connectivity index is -0.000000443. The van der Waals surface area contributed by atoms with Crippen molar-refractivity contribution in [3.8, 4) is 12.8 Å². The minimum atomic E-state index is -1.50. The number of carbonyl (C=O) groups is 1. The summed E-state index contributed by atoms with van der Waals surface area (Å²) >= 11 is 0. The summed E-state index contributed by atoms with van der Waals surface area (Å²) in [4.78, 5) is 12.9.